The van der Waals surface area contributed by atoms with Gasteiger partial charge in [0.2, 0.25) is 0 Å². The molecule has 0 aliphatic carbocycles. The molecule has 26 heavy (non-hydrogen) atoms. The minimum atomic E-state index is -0.444. The van der Waals surface area contributed by atoms with Crippen LogP contribution in [0.15, 0.2) is 39.5 Å². The van der Waals surface area contributed by atoms with E-state index in [1.807, 2.05) is 52.0 Å². The summed E-state index contributed by atoms with van der Waals surface area (Å²) < 4.78 is 12.8. The molecule has 0 amide bonds. The number of benzene rings is 1. The van der Waals surface area contributed by atoms with Crippen molar-refractivity contribution < 1.29 is 13.9 Å². The maximum Gasteiger partial charge on any atom is 0.340 e. The predicted octanol–water partition coefficient (Wildman–Crippen LogP) is 4.15. The highest BCUT2D eigenvalue weighted by Gasteiger charge is 2.17. The van der Waals surface area contributed by atoms with Crippen LogP contribution in [0.25, 0.3) is 11.0 Å². The van der Waals surface area contributed by atoms with Crippen LogP contribution in [0.4, 0.5) is 0 Å². The van der Waals surface area contributed by atoms with Crippen molar-refractivity contribution in [1.29, 1.82) is 0 Å². The Kier molecular flexibility index (Phi) is 4.98. The van der Waals surface area contributed by atoms with Gasteiger partial charge < -0.3 is 13.7 Å². The average Bonchev–Trinajstić information content (AvgIpc) is 2.92. The van der Waals surface area contributed by atoms with Gasteiger partial charge in [-0.3, -0.25) is 0 Å². The lowest BCUT2D eigenvalue weighted by molar-refractivity contribution is 0.0473. The second-order valence-electron chi connectivity index (χ2n) is 6.38. The van der Waals surface area contributed by atoms with Crippen molar-refractivity contribution in [2.75, 3.05) is 0 Å². The third kappa shape index (κ3) is 3.29. The van der Waals surface area contributed by atoms with Crippen molar-refractivity contribution >= 4 is 16.9 Å². The Morgan fingerprint density at radius 1 is 1.15 bits per heavy atom. The number of rotatable bonds is 5. The van der Waals surface area contributed by atoms with Crippen LogP contribution in [0.3, 0.4) is 0 Å². The van der Waals surface area contributed by atoms with Crippen molar-refractivity contribution in [2.45, 2.75) is 47.3 Å². The molecule has 5 nitrogen and oxygen atoms in total. The van der Waals surface area contributed by atoms with Gasteiger partial charge in [0, 0.05) is 34.9 Å². The first-order valence-electron chi connectivity index (χ1n) is 8.84. The van der Waals surface area contributed by atoms with E-state index in [0.29, 0.717) is 16.7 Å². The Morgan fingerprint density at radius 3 is 2.58 bits per heavy atom. The van der Waals surface area contributed by atoms with Crippen LogP contribution >= 0.6 is 0 Å². The Bertz CT molecular complexity index is 1030. The lowest BCUT2D eigenvalue weighted by Crippen LogP contribution is -2.09. The number of hydrogen-bond acceptors (Lipinski definition) is 4. The van der Waals surface area contributed by atoms with Gasteiger partial charge in [0.15, 0.2) is 0 Å². The average molecular weight is 353 g/mol. The maximum absolute atomic E-state index is 12.5. The van der Waals surface area contributed by atoms with E-state index in [9.17, 15) is 9.59 Å². The number of fused-ring (bicyclic) bond motifs is 1. The van der Waals surface area contributed by atoms with Crippen LogP contribution in [-0.2, 0) is 24.3 Å². The lowest BCUT2D eigenvalue weighted by atomic mass is 10.1. The zero-order valence-electron chi connectivity index (χ0n) is 15.6. The number of aryl methyl sites for hydroxylation is 2. The normalized spacial score (nSPS) is 11.1. The summed E-state index contributed by atoms with van der Waals surface area (Å²) >= 11 is 0. The number of esters is 1. The Balaban J connectivity index is 1.88. The molecular weight excluding hydrogens is 330 g/mol. The number of carbonyl (C=O) groups is 1. The summed E-state index contributed by atoms with van der Waals surface area (Å²) in [5.41, 5.74) is 4.28. The molecule has 0 saturated heterocycles. The zero-order valence-corrected chi connectivity index (χ0v) is 15.6. The summed E-state index contributed by atoms with van der Waals surface area (Å²) in [5.74, 6) is -0.385. The zero-order chi connectivity index (χ0) is 18.8. The van der Waals surface area contributed by atoms with Crippen molar-refractivity contribution in [3.63, 3.8) is 0 Å². The third-order valence-electron chi connectivity index (χ3n) is 4.77. The molecule has 3 rings (SSSR count). The molecule has 2 aromatic heterocycles. The molecule has 136 valence electrons. The minimum Gasteiger partial charge on any atom is -0.457 e. The maximum atomic E-state index is 12.5. The van der Waals surface area contributed by atoms with Crippen molar-refractivity contribution in [3.8, 4) is 0 Å². The van der Waals surface area contributed by atoms with Gasteiger partial charge in [0.05, 0.1) is 5.56 Å². The molecule has 5 heteroatoms. The Labute approximate surface area is 152 Å². The standard InChI is InChI=1S/C21H23NO4/c1-5-15-7-8-17-16(11-20(23)26-19(17)10-15)12-25-21(24)18-9-13(3)22(6-2)14(18)4/h7-11H,5-6,12H2,1-4H3. The third-order valence-corrected chi connectivity index (χ3v) is 4.77. The second kappa shape index (κ2) is 7.20. The first-order chi connectivity index (χ1) is 12.4. The van der Waals surface area contributed by atoms with Gasteiger partial charge in [-0.05, 0) is 44.9 Å². The molecule has 0 aliphatic heterocycles. The van der Waals surface area contributed by atoms with Gasteiger partial charge in [-0.2, -0.15) is 0 Å². The number of hydrogen-bond donors (Lipinski definition) is 0. The van der Waals surface area contributed by atoms with E-state index >= 15 is 0 Å². The van der Waals surface area contributed by atoms with E-state index in [1.54, 1.807) is 0 Å². The molecule has 0 aliphatic rings. The fourth-order valence-corrected chi connectivity index (χ4v) is 3.33. The van der Waals surface area contributed by atoms with Crippen LogP contribution in [0.5, 0.6) is 0 Å². The van der Waals surface area contributed by atoms with Crippen LogP contribution in [-0.4, -0.2) is 10.5 Å². The molecule has 0 fully saturated rings. The van der Waals surface area contributed by atoms with Crippen LogP contribution in [0, 0.1) is 13.8 Å². The van der Waals surface area contributed by atoms with Gasteiger partial charge in [-0.15, -0.1) is 0 Å². The Morgan fingerprint density at radius 2 is 1.92 bits per heavy atom. The minimum absolute atomic E-state index is 0.0300. The lowest BCUT2D eigenvalue weighted by Gasteiger charge is -2.09. The van der Waals surface area contributed by atoms with E-state index in [-0.39, 0.29) is 12.6 Å². The molecule has 0 unspecified atom stereocenters. The summed E-state index contributed by atoms with van der Waals surface area (Å²) in [5, 5.41) is 0.786. The van der Waals surface area contributed by atoms with Gasteiger partial charge in [-0.1, -0.05) is 19.1 Å². The molecule has 1 aromatic carbocycles. The highest BCUT2D eigenvalue weighted by molar-refractivity contribution is 5.91. The van der Waals surface area contributed by atoms with Crippen molar-refractivity contribution in [1.82, 2.24) is 4.57 Å². The van der Waals surface area contributed by atoms with E-state index < -0.39 is 5.63 Å². The quantitative estimate of drug-likeness (QED) is 0.511. The molecule has 0 atom stereocenters. The number of carbonyl (C=O) groups excluding carboxylic acids is 1. The highest BCUT2D eigenvalue weighted by Crippen LogP contribution is 2.21. The van der Waals surface area contributed by atoms with Gasteiger partial charge >= 0.3 is 11.6 Å². The number of ether oxygens (including phenoxy) is 1. The van der Waals surface area contributed by atoms with Gasteiger partial charge in [0.25, 0.3) is 0 Å². The molecular formula is C21H23NO4. The summed E-state index contributed by atoms with van der Waals surface area (Å²) in [7, 11) is 0. The fraction of sp³-hybridized carbons (Fsp3) is 0.333. The predicted molar refractivity (Wildman–Crippen MR) is 101 cm³/mol. The summed E-state index contributed by atoms with van der Waals surface area (Å²) in [6.07, 6.45) is 0.853. The fourth-order valence-electron chi connectivity index (χ4n) is 3.33. The van der Waals surface area contributed by atoms with Gasteiger partial charge in [-0.25, -0.2) is 9.59 Å². The topological polar surface area (TPSA) is 61.4 Å². The van der Waals surface area contributed by atoms with E-state index in [0.717, 1.165) is 35.3 Å². The molecule has 0 radical (unpaired) electrons. The monoisotopic (exact) mass is 353 g/mol. The van der Waals surface area contributed by atoms with Gasteiger partial charge in [0.1, 0.15) is 12.2 Å². The van der Waals surface area contributed by atoms with Crippen molar-refractivity contribution in [3.05, 3.63) is 68.8 Å². The summed E-state index contributed by atoms with van der Waals surface area (Å²) in [6.45, 7) is 8.78. The summed E-state index contributed by atoms with van der Waals surface area (Å²) in [4.78, 5) is 24.4. The largest absolute Gasteiger partial charge is 0.457 e. The van der Waals surface area contributed by atoms with E-state index in [1.165, 1.54) is 6.07 Å². The Hall–Kier alpha value is -2.82. The van der Waals surface area contributed by atoms with E-state index in [2.05, 4.69) is 4.57 Å². The number of nitrogens with zero attached hydrogens (tertiary/aromatic N) is 1. The molecule has 0 N–H and O–H groups in total. The van der Waals surface area contributed by atoms with Crippen LogP contribution in [0.2, 0.25) is 0 Å². The van der Waals surface area contributed by atoms with Crippen LogP contribution in [0.1, 0.15) is 46.7 Å². The first-order valence-corrected chi connectivity index (χ1v) is 8.84. The van der Waals surface area contributed by atoms with Crippen LogP contribution < -0.4 is 5.63 Å². The highest BCUT2D eigenvalue weighted by atomic mass is 16.5. The first kappa shape index (κ1) is 18.0. The SMILES string of the molecule is CCc1ccc2c(COC(=O)c3cc(C)n(CC)c3C)cc(=O)oc2c1. The molecule has 3 aromatic rings. The molecule has 2 heterocycles. The molecule has 0 bridgehead atoms. The smallest absolute Gasteiger partial charge is 0.340 e. The van der Waals surface area contributed by atoms with E-state index in [4.69, 9.17) is 9.15 Å². The van der Waals surface area contributed by atoms with Crippen molar-refractivity contribution in [2.24, 2.45) is 0 Å². The second-order valence-corrected chi connectivity index (χ2v) is 6.38. The summed E-state index contributed by atoms with van der Waals surface area (Å²) in [6, 6.07) is 8.98. The number of aromatic nitrogens is 1. The molecule has 0 spiro atoms. The molecule has 0 saturated carbocycles.